The number of rotatable bonds is 16. The normalized spacial score (nSPS) is 21.7. The van der Waals surface area contributed by atoms with E-state index in [9.17, 15) is 0 Å². The van der Waals surface area contributed by atoms with Crippen LogP contribution in [-0.2, 0) is 55.4 Å². The second-order valence-corrected chi connectivity index (χ2v) is 12.7. The molecule has 0 radical (unpaired) electrons. The monoisotopic (exact) mass is 676 g/mol. The van der Waals surface area contributed by atoms with Crippen LogP contribution in [0.25, 0.3) is 0 Å². The lowest BCUT2D eigenvalue weighted by Gasteiger charge is -2.46. The smallest absolute Gasteiger partial charge is 0.132 e. The standard InChI is InChI=1S/C37H41BrO5S/c1-2-44-37-36(42-26-30-17-10-5-11-18-30)35(41-25-29-15-8-4-9-16-29)34(40-24-28-13-6-3-7-14-28)33(43-37)27-39-23-32-20-12-19-31(21-32)22-38/h3-21,33-37H,2,22-27H2,1H3/t33-,34-,35+,36-,37-/m1/s1. The Morgan fingerprint density at radius 2 is 1.09 bits per heavy atom. The lowest BCUT2D eigenvalue weighted by atomic mass is 9.98. The molecule has 0 saturated carbocycles. The molecule has 44 heavy (non-hydrogen) atoms. The summed E-state index contributed by atoms with van der Waals surface area (Å²) in [6.45, 7) is 4.33. The molecule has 232 valence electrons. The molecule has 5 rings (SSSR count). The van der Waals surface area contributed by atoms with Crippen molar-refractivity contribution in [3.8, 4) is 0 Å². The van der Waals surface area contributed by atoms with Crippen LogP contribution in [0.3, 0.4) is 0 Å². The molecule has 0 N–H and O–H groups in total. The van der Waals surface area contributed by atoms with E-state index in [0.29, 0.717) is 33.0 Å². The molecule has 1 saturated heterocycles. The number of alkyl halides is 1. The highest BCUT2D eigenvalue weighted by Crippen LogP contribution is 2.35. The van der Waals surface area contributed by atoms with Crippen LogP contribution in [0.5, 0.6) is 0 Å². The van der Waals surface area contributed by atoms with Crippen molar-refractivity contribution in [1.29, 1.82) is 0 Å². The molecule has 0 aromatic heterocycles. The van der Waals surface area contributed by atoms with Gasteiger partial charge in [-0.1, -0.05) is 138 Å². The minimum atomic E-state index is -0.415. The van der Waals surface area contributed by atoms with E-state index in [4.69, 9.17) is 23.7 Å². The van der Waals surface area contributed by atoms with Crippen LogP contribution in [0.1, 0.15) is 34.7 Å². The summed E-state index contributed by atoms with van der Waals surface area (Å²) < 4.78 is 33.3. The Labute approximate surface area is 274 Å². The van der Waals surface area contributed by atoms with E-state index in [-0.39, 0.29) is 23.7 Å². The summed E-state index contributed by atoms with van der Waals surface area (Å²) in [6, 6.07) is 39.1. The minimum absolute atomic E-state index is 0.244. The summed E-state index contributed by atoms with van der Waals surface area (Å²) in [5.41, 5.74) is 5.39. The third kappa shape index (κ3) is 9.75. The molecule has 1 fully saturated rings. The van der Waals surface area contributed by atoms with Crippen molar-refractivity contribution >= 4 is 27.7 Å². The Morgan fingerprint density at radius 3 is 1.64 bits per heavy atom. The number of benzene rings is 4. The van der Waals surface area contributed by atoms with E-state index in [1.165, 1.54) is 5.56 Å². The van der Waals surface area contributed by atoms with Crippen LogP contribution in [-0.4, -0.2) is 42.2 Å². The molecular weight excluding hydrogens is 636 g/mol. The molecule has 4 aromatic rings. The van der Waals surface area contributed by atoms with Gasteiger partial charge in [-0.05, 0) is 33.6 Å². The zero-order valence-electron chi connectivity index (χ0n) is 25.1. The van der Waals surface area contributed by atoms with E-state index in [2.05, 4.69) is 83.5 Å². The molecule has 0 spiro atoms. The first-order chi connectivity index (χ1) is 21.7. The first-order valence-corrected chi connectivity index (χ1v) is 17.4. The highest BCUT2D eigenvalue weighted by Gasteiger charge is 2.48. The maximum atomic E-state index is 6.79. The molecule has 1 aliphatic rings. The second kappa shape index (κ2) is 17.9. The van der Waals surface area contributed by atoms with Gasteiger partial charge < -0.3 is 23.7 Å². The van der Waals surface area contributed by atoms with Crippen molar-refractivity contribution in [3.05, 3.63) is 143 Å². The van der Waals surface area contributed by atoms with Crippen molar-refractivity contribution < 1.29 is 23.7 Å². The summed E-state index contributed by atoms with van der Waals surface area (Å²) in [7, 11) is 0. The highest BCUT2D eigenvalue weighted by molar-refractivity contribution is 9.08. The maximum Gasteiger partial charge on any atom is 0.132 e. The number of hydrogen-bond acceptors (Lipinski definition) is 6. The molecule has 0 aliphatic carbocycles. The molecule has 0 bridgehead atoms. The van der Waals surface area contributed by atoms with E-state index in [1.807, 2.05) is 54.6 Å². The third-order valence-corrected chi connectivity index (χ3v) is 9.16. The summed E-state index contributed by atoms with van der Waals surface area (Å²) in [6.07, 6.45) is -1.50. The average molecular weight is 678 g/mol. The Kier molecular flexibility index (Phi) is 13.3. The molecule has 1 heterocycles. The molecule has 0 amide bonds. The van der Waals surface area contributed by atoms with Crippen LogP contribution in [0, 0.1) is 0 Å². The molecular formula is C37H41BrO5S. The van der Waals surface area contributed by atoms with Gasteiger partial charge in [0.25, 0.3) is 0 Å². The Bertz CT molecular complexity index is 1360. The first-order valence-electron chi connectivity index (χ1n) is 15.2. The van der Waals surface area contributed by atoms with Crippen molar-refractivity contribution in [1.82, 2.24) is 0 Å². The lowest BCUT2D eigenvalue weighted by molar-refractivity contribution is -0.254. The average Bonchev–Trinajstić information content (AvgIpc) is 3.08. The third-order valence-electron chi connectivity index (χ3n) is 7.47. The van der Waals surface area contributed by atoms with Crippen LogP contribution < -0.4 is 0 Å². The van der Waals surface area contributed by atoms with Crippen molar-refractivity contribution in [2.45, 2.75) is 68.5 Å². The summed E-state index contributed by atoms with van der Waals surface area (Å²) in [5.74, 6) is 0.879. The van der Waals surface area contributed by atoms with Gasteiger partial charge in [-0.15, -0.1) is 11.8 Å². The fourth-order valence-corrected chi connectivity index (χ4v) is 6.60. The fourth-order valence-electron chi connectivity index (χ4n) is 5.27. The molecule has 5 nitrogen and oxygen atoms in total. The molecule has 0 unspecified atom stereocenters. The summed E-state index contributed by atoms with van der Waals surface area (Å²) in [5, 5.41) is 0.808. The Hall–Kier alpha value is -2.49. The van der Waals surface area contributed by atoms with Gasteiger partial charge in [0.1, 0.15) is 29.9 Å². The van der Waals surface area contributed by atoms with Gasteiger partial charge in [0.2, 0.25) is 0 Å². The zero-order chi connectivity index (χ0) is 30.4. The summed E-state index contributed by atoms with van der Waals surface area (Å²) >= 11 is 5.29. The van der Waals surface area contributed by atoms with Gasteiger partial charge in [-0.25, -0.2) is 0 Å². The van der Waals surface area contributed by atoms with Gasteiger partial charge in [0.15, 0.2) is 0 Å². The first kappa shape index (κ1) is 32.9. The van der Waals surface area contributed by atoms with Gasteiger partial charge >= 0.3 is 0 Å². The molecule has 1 aliphatic heterocycles. The number of hydrogen-bond donors (Lipinski definition) is 0. The predicted octanol–water partition coefficient (Wildman–Crippen LogP) is 8.33. The highest BCUT2D eigenvalue weighted by atomic mass is 79.9. The van der Waals surface area contributed by atoms with E-state index >= 15 is 0 Å². The molecule has 5 atom stereocenters. The van der Waals surface area contributed by atoms with Crippen molar-refractivity contribution in [3.63, 3.8) is 0 Å². The second-order valence-electron chi connectivity index (χ2n) is 10.8. The van der Waals surface area contributed by atoms with E-state index in [0.717, 1.165) is 33.3 Å². The van der Waals surface area contributed by atoms with Gasteiger partial charge in [0.05, 0.1) is 33.0 Å². The van der Waals surface area contributed by atoms with Crippen LogP contribution >= 0.6 is 27.7 Å². The largest absolute Gasteiger partial charge is 0.374 e. The van der Waals surface area contributed by atoms with Crippen molar-refractivity contribution in [2.24, 2.45) is 0 Å². The molecule has 4 aromatic carbocycles. The quantitative estimate of drug-likeness (QED) is 0.111. The summed E-state index contributed by atoms with van der Waals surface area (Å²) in [4.78, 5) is 0. The molecule has 7 heteroatoms. The van der Waals surface area contributed by atoms with Crippen LogP contribution in [0.2, 0.25) is 0 Å². The lowest BCUT2D eigenvalue weighted by Crippen LogP contribution is -2.60. The van der Waals surface area contributed by atoms with Gasteiger partial charge in [0, 0.05) is 5.33 Å². The fraction of sp³-hybridized carbons (Fsp3) is 0.351. The van der Waals surface area contributed by atoms with Crippen LogP contribution in [0.15, 0.2) is 115 Å². The number of ether oxygens (including phenoxy) is 5. The Balaban J connectivity index is 1.40. The van der Waals surface area contributed by atoms with E-state index < -0.39 is 6.10 Å². The van der Waals surface area contributed by atoms with Gasteiger partial charge in [-0.2, -0.15) is 0 Å². The minimum Gasteiger partial charge on any atom is -0.374 e. The van der Waals surface area contributed by atoms with Gasteiger partial charge in [-0.3, -0.25) is 0 Å². The number of thioether (sulfide) groups is 1. The topological polar surface area (TPSA) is 46.2 Å². The SMILES string of the molecule is CCS[C@H]1O[C@H](COCc2cccc(CBr)c2)[C@@H](OCc2ccccc2)[C@H](OCc2ccccc2)[C@H]1OCc1ccccc1. The number of halogens is 1. The van der Waals surface area contributed by atoms with Crippen LogP contribution in [0.4, 0.5) is 0 Å². The maximum absolute atomic E-state index is 6.79. The van der Waals surface area contributed by atoms with Crippen molar-refractivity contribution in [2.75, 3.05) is 12.4 Å². The zero-order valence-corrected chi connectivity index (χ0v) is 27.5. The Morgan fingerprint density at radius 1 is 0.591 bits per heavy atom. The van der Waals surface area contributed by atoms with E-state index in [1.54, 1.807) is 11.8 Å². The predicted molar refractivity (Wildman–Crippen MR) is 181 cm³/mol.